The van der Waals surface area contributed by atoms with Crippen LogP contribution in [0.2, 0.25) is 0 Å². The van der Waals surface area contributed by atoms with Crippen LogP contribution in [0.5, 0.6) is 0 Å². The molecule has 0 saturated carbocycles. The van der Waals surface area contributed by atoms with Crippen LogP contribution in [0.25, 0.3) is 0 Å². The molecule has 0 amide bonds. The molecule has 0 bridgehead atoms. The van der Waals surface area contributed by atoms with Gasteiger partial charge in [0.25, 0.3) is 0 Å². The lowest BCUT2D eigenvalue weighted by Crippen LogP contribution is -2.17. The fourth-order valence-corrected chi connectivity index (χ4v) is 2.45. The zero-order valence-corrected chi connectivity index (χ0v) is 8.35. The molecule has 0 fully saturated rings. The third kappa shape index (κ3) is 2.11. The summed E-state index contributed by atoms with van der Waals surface area (Å²) in [5, 5.41) is 5.04. The van der Waals surface area contributed by atoms with E-state index in [2.05, 4.69) is 0 Å². The van der Waals surface area contributed by atoms with Crippen LogP contribution in [0.1, 0.15) is 11.1 Å². The lowest BCUT2D eigenvalue weighted by Gasteiger charge is -2.08. The number of sulfonamides is 1. The van der Waals surface area contributed by atoms with E-state index in [4.69, 9.17) is 13.0 Å². The molecule has 0 aliphatic heterocycles. The number of rotatable bonds is 1. The summed E-state index contributed by atoms with van der Waals surface area (Å²) in [6.45, 7) is 3.34. The molecule has 1 aromatic rings. The predicted molar refractivity (Wildman–Crippen MR) is 52.7 cm³/mol. The topological polar surface area (TPSA) is 60.2 Å². The first-order valence-electron chi connectivity index (χ1n) is 3.72. The Balaban J connectivity index is 3.57. The maximum atomic E-state index is 11.1. The van der Waals surface area contributed by atoms with E-state index in [-0.39, 0.29) is 4.90 Å². The summed E-state index contributed by atoms with van der Waals surface area (Å²) < 4.78 is 22.2. The van der Waals surface area contributed by atoms with Crippen molar-refractivity contribution >= 4 is 23.3 Å². The average Bonchev–Trinajstić information content (AvgIpc) is 1.78. The molecule has 0 aliphatic carbocycles. The molecule has 5 heteroatoms. The highest BCUT2D eigenvalue weighted by molar-refractivity contribution is 7.89. The Morgan fingerprint density at radius 1 is 1.23 bits per heavy atom. The largest absolute Gasteiger partial charge is 0.238 e. The van der Waals surface area contributed by atoms with Crippen LogP contribution in [-0.4, -0.2) is 16.3 Å². The zero-order valence-electron chi connectivity index (χ0n) is 7.53. The van der Waals surface area contributed by atoms with Crippen LogP contribution >= 0.6 is 0 Å². The Morgan fingerprint density at radius 3 is 1.92 bits per heavy atom. The first-order valence-corrected chi connectivity index (χ1v) is 5.26. The maximum absolute atomic E-state index is 11.1. The Kier molecular flexibility index (Phi) is 2.50. The van der Waals surface area contributed by atoms with Gasteiger partial charge >= 0.3 is 0 Å². The monoisotopic (exact) mass is 195 g/mol. The second kappa shape index (κ2) is 3.16. The fraction of sp³-hybridized carbons (Fsp3) is 0.250. The number of primary sulfonamides is 1. The third-order valence-electron chi connectivity index (χ3n) is 1.77. The van der Waals surface area contributed by atoms with Gasteiger partial charge in [-0.3, -0.25) is 0 Å². The quantitative estimate of drug-likeness (QED) is 0.627. The van der Waals surface area contributed by atoms with E-state index in [1.54, 1.807) is 26.0 Å². The number of hydrogen-bond acceptors (Lipinski definition) is 2. The minimum atomic E-state index is -3.64. The molecule has 1 aromatic carbocycles. The number of benzene rings is 1. The van der Waals surface area contributed by atoms with Crippen molar-refractivity contribution in [3.05, 3.63) is 23.3 Å². The van der Waals surface area contributed by atoms with Crippen molar-refractivity contribution in [1.29, 1.82) is 0 Å². The van der Waals surface area contributed by atoms with Gasteiger partial charge < -0.3 is 0 Å². The molecule has 1 rings (SSSR count). The van der Waals surface area contributed by atoms with Gasteiger partial charge in [-0.05, 0) is 25.0 Å². The van der Waals surface area contributed by atoms with Gasteiger partial charge in [0, 0.05) is 0 Å². The Labute approximate surface area is 79.4 Å². The molecule has 0 aliphatic rings. The standard InChI is InChI=1S/C8H10BNO2S/c1-5-3-7(9)4-6(2)8(5)13(10,11)12/h3-4H,1-2H3,(H2,10,11,12). The van der Waals surface area contributed by atoms with Crippen molar-refractivity contribution in [1.82, 2.24) is 0 Å². The second-order valence-corrected chi connectivity index (χ2v) is 4.53. The van der Waals surface area contributed by atoms with Gasteiger partial charge in [-0.2, -0.15) is 0 Å². The van der Waals surface area contributed by atoms with Gasteiger partial charge in [0.15, 0.2) is 0 Å². The highest BCUT2D eigenvalue weighted by Gasteiger charge is 2.14. The normalized spacial score (nSPS) is 11.6. The van der Waals surface area contributed by atoms with E-state index in [9.17, 15) is 8.42 Å². The summed E-state index contributed by atoms with van der Waals surface area (Å²) in [5.41, 5.74) is 1.71. The highest BCUT2D eigenvalue weighted by atomic mass is 32.2. The first kappa shape index (κ1) is 10.3. The summed E-state index contributed by atoms with van der Waals surface area (Å²) in [6.07, 6.45) is 0. The van der Waals surface area contributed by atoms with Gasteiger partial charge in [-0.25, -0.2) is 13.6 Å². The average molecular weight is 195 g/mol. The van der Waals surface area contributed by atoms with Gasteiger partial charge in [-0.1, -0.05) is 17.6 Å². The van der Waals surface area contributed by atoms with E-state index in [0.717, 1.165) is 0 Å². The third-order valence-corrected chi connectivity index (χ3v) is 2.98. The van der Waals surface area contributed by atoms with E-state index in [0.29, 0.717) is 16.6 Å². The lowest BCUT2D eigenvalue weighted by molar-refractivity contribution is 0.596. The summed E-state index contributed by atoms with van der Waals surface area (Å²) in [7, 11) is 1.90. The van der Waals surface area contributed by atoms with E-state index < -0.39 is 10.0 Å². The molecule has 0 heterocycles. The van der Waals surface area contributed by atoms with Crippen molar-refractivity contribution < 1.29 is 8.42 Å². The van der Waals surface area contributed by atoms with Crippen molar-refractivity contribution in [2.75, 3.05) is 0 Å². The molecular weight excluding hydrogens is 185 g/mol. The summed E-state index contributed by atoms with van der Waals surface area (Å²) in [6, 6.07) is 3.18. The van der Waals surface area contributed by atoms with Gasteiger partial charge in [0.05, 0.1) is 4.90 Å². The van der Waals surface area contributed by atoms with Crippen molar-refractivity contribution in [3.8, 4) is 0 Å². The Bertz CT molecular complexity index is 416. The van der Waals surface area contributed by atoms with Crippen LogP contribution in [0.3, 0.4) is 0 Å². The zero-order chi connectivity index (χ0) is 10.2. The molecule has 13 heavy (non-hydrogen) atoms. The number of hydrogen-bond donors (Lipinski definition) is 1. The minimum Gasteiger partial charge on any atom is -0.225 e. The Hall–Kier alpha value is -0.805. The molecule has 2 radical (unpaired) electrons. The Morgan fingerprint density at radius 2 is 1.62 bits per heavy atom. The van der Waals surface area contributed by atoms with Crippen LogP contribution in [-0.2, 0) is 10.0 Å². The smallest absolute Gasteiger partial charge is 0.225 e. The number of aryl methyl sites for hydroxylation is 2. The highest BCUT2D eigenvalue weighted by Crippen LogP contribution is 2.16. The van der Waals surface area contributed by atoms with E-state index in [1.165, 1.54) is 0 Å². The molecule has 0 spiro atoms. The van der Waals surface area contributed by atoms with Crippen LogP contribution in [0.15, 0.2) is 17.0 Å². The van der Waals surface area contributed by atoms with Crippen LogP contribution < -0.4 is 10.6 Å². The predicted octanol–water partition coefficient (Wildman–Crippen LogP) is -0.255. The van der Waals surface area contributed by atoms with E-state index in [1.807, 2.05) is 0 Å². The van der Waals surface area contributed by atoms with Gasteiger partial charge in [0.1, 0.15) is 7.85 Å². The van der Waals surface area contributed by atoms with E-state index >= 15 is 0 Å². The minimum absolute atomic E-state index is 0.168. The fourth-order valence-electron chi connectivity index (χ4n) is 1.43. The summed E-state index contributed by atoms with van der Waals surface area (Å²) in [4.78, 5) is 0.168. The SMILES string of the molecule is [B]c1cc(C)c(S(N)(=O)=O)c(C)c1. The molecule has 3 nitrogen and oxygen atoms in total. The van der Waals surface area contributed by atoms with Crippen LogP contribution in [0, 0.1) is 13.8 Å². The van der Waals surface area contributed by atoms with Crippen LogP contribution in [0.4, 0.5) is 0 Å². The summed E-state index contributed by atoms with van der Waals surface area (Å²) in [5.74, 6) is 0. The lowest BCUT2D eigenvalue weighted by atomic mass is 9.93. The van der Waals surface area contributed by atoms with Crippen molar-refractivity contribution in [2.24, 2.45) is 5.14 Å². The maximum Gasteiger partial charge on any atom is 0.238 e. The molecular formula is C8H10BNO2S. The molecule has 0 aromatic heterocycles. The molecule has 0 unspecified atom stereocenters. The molecule has 0 atom stereocenters. The van der Waals surface area contributed by atoms with Crippen molar-refractivity contribution in [2.45, 2.75) is 18.7 Å². The second-order valence-electron chi connectivity index (χ2n) is 3.03. The van der Waals surface area contributed by atoms with Gasteiger partial charge in [0.2, 0.25) is 10.0 Å². The molecule has 68 valence electrons. The van der Waals surface area contributed by atoms with Crippen molar-refractivity contribution in [3.63, 3.8) is 0 Å². The number of nitrogens with two attached hydrogens (primary N) is 1. The van der Waals surface area contributed by atoms with Gasteiger partial charge in [-0.15, -0.1) is 0 Å². The summed E-state index contributed by atoms with van der Waals surface area (Å²) >= 11 is 0. The molecule has 2 N–H and O–H groups in total. The molecule has 0 saturated heterocycles. The first-order chi connectivity index (χ1) is 5.82.